The molecule has 0 aliphatic rings. The zero-order valence-corrected chi connectivity index (χ0v) is 10.2. The van der Waals surface area contributed by atoms with E-state index in [1.807, 2.05) is 33.0 Å². The van der Waals surface area contributed by atoms with Gasteiger partial charge in [0.25, 0.3) is 0 Å². The summed E-state index contributed by atoms with van der Waals surface area (Å²) in [5.41, 5.74) is 1.07. The van der Waals surface area contributed by atoms with Crippen molar-refractivity contribution in [2.24, 2.45) is 0 Å². The van der Waals surface area contributed by atoms with Gasteiger partial charge in [-0.15, -0.1) is 0 Å². The van der Waals surface area contributed by atoms with E-state index in [1.165, 1.54) is 0 Å². The fourth-order valence-electron chi connectivity index (χ4n) is 1.60. The molecule has 0 unspecified atom stereocenters. The lowest BCUT2D eigenvalue weighted by Crippen LogP contribution is -2.19. The van der Waals surface area contributed by atoms with E-state index in [9.17, 15) is 0 Å². The molecule has 2 heterocycles. The first-order valence-corrected chi connectivity index (χ1v) is 5.63. The minimum atomic E-state index is -0.0609. The summed E-state index contributed by atoms with van der Waals surface area (Å²) in [6.45, 7) is 4.05. The standard InChI is InChI=1S/C12H16N4O/c1-8(2)12-15-11(16-17-12)10(13-3)9-4-6-14-7-5-9/h4-8,10,13H,1-3H3/t10-/m0/s1. The van der Waals surface area contributed by atoms with Crippen LogP contribution in [-0.4, -0.2) is 22.2 Å². The molecule has 0 spiro atoms. The highest BCUT2D eigenvalue weighted by Gasteiger charge is 2.19. The van der Waals surface area contributed by atoms with Crippen molar-refractivity contribution in [3.63, 3.8) is 0 Å². The summed E-state index contributed by atoms with van der Waals surface area (Å²) in [4.78, 5) is 8.39. The Balaban J connectivity index is 2.29. The molecule has 17 heavy (non-hydrogen) atoms. The lowest BCUT2D eigenvalue weighted by Gasteiger charge is -2.11. The lowest BCUT2D eigenvalue weighted by molar-refractivity contribution is 0.358. The molecule has 2 rings (SSSR count). The van der Waals surface area contributed by atoms with Crippen molar-refractivity contribution >= 4 is 0 Å². The first-order chi connectivity index (χ1) is 8.22. The number of nitrogens with one attached hydrogen (secondary N) is 1. The number of rotatable bonds is 4. The van der Waals surface area contributed by atoms with E-state index in [0.717, 1.165) is 5.56 Å². The first-order valence-electron chi connectivity index (χ1n) is 5.63. The third kappa shape index (κ3) is 2.50. The fraction of sp³-hybridized carbons (Fsp3) is 0.417. The maximum Gasteiger partial charge on any atom is 0.229 e. The Hall–Kier alpha value is -1.75. The van der Waals surface area contributed by atoms with Gasteiger partial charge in [0.05, 0.1) is 6.04 Å². The molecule has 0 aromatic carbocycles. The third-order valence-corrected chi connectivity index (χ3v) is 2.54. The van der Waals surface area contributed by atoms with Gasteiger partial charge in [-0.3, -0.25) is 4.98 Å². The summed E-state index contributed by atoms with van der Waals surface area (Å²) >= 11 is 0. The van der Waals surface area contributed by atoms with Crippen LogP contribution in [0.25, 0.3) is 0 Å². The van der Waals surface area contributed by atoms with Crippen LogP contribution < -0.4 is 5.32 Å². The van der Waals surface area contributed by atoms with Gasteiger partial charge < -0.3 is 9.84 Å². The highest BCUT2D eigenvalue weighted by Crippen LogP contribution is 2.20. The Kier molecular flexibility index (Phi) is 3.49. The van der Waals surface area contributed by atoms with Gasteiger partial charge in [0.2, 0.25) is 5.89 Å². The van der Waals surface area contributed by atoms with Crippen LogP contribution in [0.4, 0.5) is 0 Å². The quantitative estimate of drug-likeness (QED) is 0.872. The molecule has 0 aliphatic carbocycles. The van der Waals surface area contributed by atoms with Gasteiger partial charge in [0.15, 0.2) is 5.82 Å². The Bertz CT molecular complexity index is 466. The van der Waals surface area contributed by atoms with Crippen molar-refractivity contribution in [2.45, 2.75) is 25.8 Å². The van der Waals surface area contributed by atoms with E-state index in [-0.39, 0.29) is 12.0 Å². The topological polar surface area (TPSA) is 63.8 Å². The molecule has 5 nitrogen and oxygen atoms in total. The second-order valence-electron chi connectivity index (χ2n) is 4.15. The molecule has 2 aromatic heterocycles. The van der Waals surface area contributed by atoms with Crippen LogP contribution in [-0.2, 0) is 0 Å². The largest absolute Gasteiger partial charge is 0.339 e. The zero-order valence-electron chi connectivity index (χ0n) is 10.2. The molecule has 5 heteroatoms. The molecule has 0 fully saturated rings. The smallest absolute Gasteiger partial charge is 0.229 e. The second kappa shape index (κ2) is 5.05. The van der Waals surface area contributed by atoms with E-state index >= 15 is 0 Å². The van der Waals surface area contributed by atoms with Crippen LogP contribution in [0, 0.1) is 0 Å². The highest BCUT2D eigenvalue weighted by atomic mass is 16.5. The molecule has 0 radical (unpaired) electrons. The molecule has 1 atom stereocenters. The number of hydrogen-bond donors (Lipinski definition) is 1. The molecule has 0 aliphatic heterocycles. The lowest BCUT2D eigenvalue weighted by atomic mass is 10.1. The van der Waals surface area contributed by atoms with E-state index in [1.54, 1.807) is 12.4 Å². The summed E-state index contributed by atoms with van der Waals surface area (Å²) in [6, 6.07) is 3.81. The van der Waals surface area contributed by atoms with E-state index < -0.39 is 0 Å². The number of pyridine rings is 1. The number of aromatic nitrogens is 3. The molecular weight excluding hydrogens is 216 g/mol. The average molecular weight is 232 g/mol. The highest BCUT2D eigenvalue weighted by molar-refractivity contribution is 5.21. The van der Waals surface area contributed by atoms with Crippen molar-refractivity contribution in [3.05, 3.63) is 41.8 Å². The monoisotopic (exact) mass is 232 g/mol. The molecular formula is C12H16N4O. The van der Waals surface area contributed by atoms with Gasteiger partial charge >= 0.3 is 0 Å². The number of hydrogen-bond acceptors (Lipinski definition) is 5. The normalized spacial score (nSPS) is 12.9. The van der Waals surface area contributed by atoms with Gasteiger partial charge in [-0.2, -0.15) is 4.98 Å². The molecule has 1 N–H and O–H groups in total. The van der Waals surface area contributed by atoms with Crippen LogP contribution in [0.15, 0.2) is 29.0 Å². The average Bonchev–Trinajstić information content (AvgIpc) is 2.81. The molecule has 90 valence electrons. The Labute approximate surface area is 100 Å². The van der Waals surface area contributed by atoms with Crippen molar-refractivity contribution in [2.75, 3.05) is 7.05 Å². The predicted molar refractivity (Wildman–Crippen MR) is 63.5 cm³/mol. The minimum absolute atomic E-state index is 0.0609. The maximum atomic E-state index is 5.21. The van der Waals surface area contributed by atoms with Gasteiger partial charge in [-0.1, -0.05) is 19.0 Å². The first kappa shape index (κ1) is 11.7. The fourth-order valence-corrected chi connectivity index (χ4v) is 1.60. The van der Waals surface area contributed by atoms with Crippen LogP contribution in [0.2, 0.25) is 0 Å². The van der Waals surface area contributed by atoms with Gasteiger partial charge in [-0.05, 0) is 24.7 Å². The SMILES string of the molecule is CN[C@@H](c1ccncc1)c1noc(C(C)C)n1. The predicted octanol–water partition coefficient (Wildman–Crippen LogP) is 1.90. The van der Waals surface area contributed by atoms with Crippen LogP contribution in [0.5, 0.6) is 0 Å². The van der Waals surface area contributed by atoms with Crippen LogP contribution in [0.1, 0.15) is 43.1 Å². The van der Waals surface area contributed by atoms with Gasteiger partial charge in [-0.25, -0.2) is 0 Å². The van der Waals surface area contributed by atoms with E-state index in [0.29, 0.717) is 11.7 Å². The van der Waals surface area contributed by atoms with Crippen LogP contribution >= 0.6 is 0 Å². The summed E-state index contributed by atoms with van der Waals surface area (Å²) in [6.07, 6.45) is 3.51. The molecule has 0 bridgehead atoms. The molecule has 0 amide bonds. The zero-order chi connectivity index (χ0) is 12.3. The maximum absolute atomic E-state index is 5.21. The van der Waals surface area contributed by atoms with Crippen molar-refractivity contribution in [1.29, 1.82) is 0 Å². The minimum Gasteiger partial charge on any atom is -0.339 e. The second-order valence-corrected chi connectivity index (χ2v) is 4.15. The summed E-state index contributed by atoms with van der Waals surface area (Å²) in [7, 11) is 1.87. The Morgan fingerprint density at radius 3 is 2.47 bits per heavy atom. The van der Waals surface area contributed by atoms with E-state index in [2.05, 4.69) is 20.4 Å². The third-order valence-electron chi connectivity index (χ3n) is 2.54. The Morgan fingerprint density at radius 1 is 1.24 bits per heavy atom. The van der Waals surface area contributed by atoms with E-state index in [4.69, 9.17) is 4.52 Å². The van der Waals surface area contributed by atoms with Crippen molar-refractivity contribution in [1.82, 2.24) is 20.4 Å². The molecule has 0 saturated carbocycles. The summed E-state index contributed by atoms with van der Waals surface area (Å²) in [5.74, 6) is 1.56. The molecule has 0 saturated heterocycles. The van der Waals surface area contributed by atoms with Crippen molar-refractivity contribution in [3.8, 4) is 0 Å². The Morgan fingerprint density at radius 2 is 1.94 bits per heavy atom. The number of nitrogens with zero attached hydrogens (tertiary/aromatic N) is 3. The summed E-state index contributed by atoms with van der Waals surface area (Å²) < 4.78 is 5.21. The van der Waals surface area contributed by atoms with Crippen LogP contribution in [0.3, 0.4) is 0 Å². The van der Waals surface area contributed by atoms with Crippen molar-refractivity contribution < 1.29 is 4.52 Å². The van der Waals surface area contributed by atoms with Gasteiger partial charge in [0.1, 0.15) is 0 Å². The van der Waals surface area contributed by atoms with Gasteiger partial charge in [0, 0.05) is 18.3 Å². The summed E-state index contributed by atoms with van der Waals surface area (Å²) in [5, 5.41) is 7.19. The molecule has 2 aromatic rings.